The van der Waals surface area contributed by atoms with Gasteiger partial charge in [0.25, 0.3) is 5.19 Å². The van der Waals surface area contributed by atoms with Crippen LogP contribution in [0.2, 0.25) is 0 Å². The van der Waals surface area contributed by atoms with Crippen molar-refractivity contribution < 1.29 is 14.6 Å². The summed E-state index contributed by atoms with van der Waals surface area (Å²) in [6.07, 6.45) is 0. The van der Waals surface area contributed by atoms with Crippen LogP contribution in [0.4, 0.5) is 0 Å². The van der Waals surface area contributed by atoms with Crippen LogP contribution in [0.1, 0.15) is 16.2 Å². The number of aromatic carboxylic acids is 1. The van der Waals surface area contributed by atoms with Gasteiger partial charge >= 0.3 is 5.97 Å². The molecule has 0 bridgehead atoms. The second kappa shape index (κ2) is 3.70. The van der Waals surface area contributed by atoms with Crippen molar-refractivity contribution in [2.24, 2.45) is 0 Å². The second-order valence-corrected chi connectivity index (χ2v) is 3.62. The first-order chi connectivity index (χ1) is 7.15. The summed E-state index contributed by atoms with van der Waals surface area (Å²) in [4.78, 5) is 14.3. The molecule has 0 aromatic carbocycles. The smallest absolute Gasteiger partial charge is 0.355 e. The maximum absolute atomic E-state index is 10.5. The molecule has 2 heterocycles. The van der Waals surface area contributed by atoms with Crippen molar-refractivity contribution in [3.63, 3.8) is 0 Å². The Balaban J connectivity index is 2.14. The Bertz CT molecular complexity index is 491. The van der Waals surface area contributed by atoms with E-state index in [2.05, 4.69) is 15.2 Å². The largest absolute Gasteiger partial charge is 0.476 e. The zero-order valence-electron chi connectivity index (χ0n) is 7.72. The van der Waals surface area contributed by atoms with Crippen molar-refractivity contribution in [2.45, 2.75) is 6.92 Å². The summed E-state index contributed by atoms with van der Waals surface area (Å²) in [5.41, 5.74) is 0.835. The van der Waals surface area contributed by atoms with Crippen molar-refractivity contribution in [2.75, 3.05) is 0 Å². The molecule has 0 atom stereocenters. The van der Waals surface area contributed by atoms with E-state index < -0.39 is 5.97 Å². The number of aromatic amines is 1. The number of nitrogens with zero attached hydrogens (tertiary/aromatic N) is 2. The SMILES string of the molecule is Cc1cc(Oc2nc(C(=O)O)cs2)n[nH]1. The van der Waals surface area contributed by atoms with E-state index in [1.807, 2.05) is 6.92 Å². The zero-order valence-corrected chi connectivity index (χ0v) is 8.54. The Morgan fingerprint density at radius 2 is 2.47 bits per heavy atom. The van der Waals surface area contributed by atoms with Gasteiger partial charge in [-0.3, -0.25) is 5.10 Å². The third-order valence-corrected chi connectivity index (χ3v) is 2.29. The highest BCUT2D eigenvalue weighted by Crippen LogP contribution is 2.23. The van der Waals surface area contributed by atoms with Crippen LogP contribution < -0.4 is 4.74 Å². The number of nitrogens with one attached hydrogen (secondary N) is 1. The first kappa shape index (κ1) is 9.66. The highest BCUT2D eigenvalue weighted by atomic mass is 32.1. The molecule has 6 nitrogen and oxygen atoms in total. The first-order valence-corrected chi connectivity index (χ1v) is 4.92. The number of H-pyrrole nitrogens is 1. The number of rotatable bonds is 3. The monoisotopic (exact) mass is 225 g/mol. The van der Waals surface area contributed by atoms with Crippen LogP contribution in [0.5, 0.6) is 11.1 Å². The average molecular weight is 225 g/mol. The molecule has 0 aliphatic carbocycles. The lowest BCUT2D eigenvalue weighted by atomic mass is 10.5. The third kappa shape index (κ3) is 2.13. The second-order valence-electron chi connectivity index (χ2n) is 2.80. The number of hydrogen-bond acceptors (Lipinski definition) is 5. The number of carboxylic acids is 1. The Labute approximate surface area is 88.5 Å². The number of hydrogen-bond donors (Lipinski definition) is 2. The van der Waals surface area contributed by atoms with Crippen molar-refractivity contribution in [3.8, 4) is 11.1 Å². The number of aryl methyl sites for hydroxylation is 1. The Morgan fingerprint density at radius 1 is 1.67 bits per heavy atom. The molecule has 7 heteroatoms. The van der Waals surface area contributed by atoms with Crippen molar-refractivity contribution in [3.05, 3.63) is 22.8 Å². The molecule has 15 heavy (non-hydrogen) atoms. The van der Waals surface area contributed by atoms with E-state index >= 15 is 0 Å². The molecule has 78 valence electrons. The fourth-order valence-corrected chi connectivity index (χ4v) is 1.59. The van der Waals surface area contributed by atoms with Crippen LogP contribution in [0.3, 0.4) is 0 Å². The average Bonchev–Trinajstić information content (AvgIpc) is 2.76. The fourth-order valence-electron chi connectivity index (χ4n) is 0.937. The quantitative estimate of drug-likeness (QED) is 0.829. The van der Waals surface area contributed by atoms with Gasteiger partial charge in [-0.05, 0) is 6.92 Å². The Morgan fingerprint density at radius 3 is 3.00 bits per heavy atom. The number of thiazole rings is 1. The number of carbonyl (C=O) groups is 1. The molecule has 2 N–H and O–H groups in total. The van der Waals surface area contributed by atoms with E-state index in [9.17, 15) is 4.79 Å². The van der Waals surface area contributed by atoms with Crippen LogP contribution in [0.25, 0.3) is 0 Å². The molecule has 0 aliphatic heterocycles. The lowest BCUT2D eigenvalue weighted by Gasteiger charge is -1.93. The minimum atomic E-state index is -1.07. The summed E-state index contributed by atoms with van der Waals surface area (Å²) in [6.45, 7) is 1.84. The highest BCUT2D eigenvalue weighted by molar-refractivity contribution is 7.11. The van der Waals surface area contributed by atoms with Gasteiger partial charge < -0.3 is 9.84 Å². The van der Waals surface area contributed by atoms with Gasteiger partial charge in [0.05, 0.1) is 0 Å². The van der Waals surface area contributed by atoms with Gasteiger partial charge in [-0.15, -0.1) is 5.10 Å². The van der Waals surface area contributed by atoms with Gasteiger partial charge in [0.15, 0.2) is 5.69 Å². The maximum Gasteiger partial charge on any atom is 0.355 e. The highest BCUT2D eigenvalue weighted by Gasteiger charge is 2.10. The summed E-state index contributed by atoms with van der Waals surface area (Å²) in [5.74, 6) is -0.696. The molecule has 0 spiro atoms. The van der Waals surface area contributed by atoms with E-state index in [0.717, 1.165) is 17.0 Å². The summed E-state index contributed by atoms with van der Waals surface area (Å²) < 4.78 is 5.23. The van der Waals surface area contributed by atoms with E-state index in [1.54, 1.807) is 6.07 Å². The van der Waals surface area contributed by atoms with Crippen LogP contribution in [-0.4, -0.2) is 26.3 Å². The van der Waals surface area contributed by atoms with Gasteiger partial charge in [0.2, 0.25) is 5.88 Å². The number of ether oxygens (including phenoxy) is 1. The molecular formula is C8H7N3O3S. The van der Waals surface area contributed by atoms with Gasteiger partial charge in [0.1, 0.15) is 0 Å². The molecule has 0 unspecified atom stereocenters. The molecule has 0 aliphatic rings. The van der Waals surface area contributed by atoms with Gasteiger partial charge in [0, 0.05) is 17.1 Å². The van der Waals surface area contributed by atoms with E-state index in [0.29, 0.717) is 5.88 Å². The van der Waals surface area contributed by atoms with Crippen LogP contribution in [0.15, 0.2) is 11.4 Å². The van der Waals surface area contributed by atoms with Crippen molar-refractivity contribution in [1.82, 2.24) is 15.2 Å². The van der Waals surface area contributed by atoms with Crippen LogP contribution >= 0.6 is 11.3 Å². The predicted octanol–water partition coefficient (Wildman–Crippen LogP) is 1.67. The summed E-state index contributed by atoms with van der Waals surface area (Å²) in [5, 5.41) is 16.9. The third-order valence-electron chi connectivity index (χ3n) is 1.58. The summed E-state index contributed by atoms with van der Waals surface area (Å²) in [7, 11) is 0. The molecule has 2 aromatic heterocycles. The van der Waals surface area contributed by atoms with Gasteiger partial charge in [-0.25, -0.2) is 4.79 Å². The lowest BCUT2D eigenvalue weighted by Crippen LogP contribution is -1.95. The molecule has 2 rings (SSSR count). The molecule has 0 amide bonds. The zero-order chi connectivity index (χ0) is 10.8. The Hall–Kier alpha value is -1.89. The fraction of sp³-hybridized carbons (Fsp3) is 0.125. The Kier molecular flexibility index (Phi) is 2.38. The standard InChI is InChI=1S/C8H7N3O3S/c1-4-2-6(11-10-4)14-8-9-5(3-15-8)7(12)13/h2-3H,1H3,(H,10,11)(H,12,13). The van der Waals surface area contributed by atoms with Crippen molar-refractivity contribution >= 4 is 17.3 Å². The maximum atomic E-state index is 10.5. The predicted molar refractivity (Wildman–Crippen MR) is 52.5 cm³/mol. The van der Waals surface area contributed by atoms with Gasteiger partial charge in [-0.2, -0.15) is 4.98 Å². The molecule has 0 saturated heterocycles. The van der Waals surface area contributed by atoms with E-state index in [-0.39, 0.29) is 10.9 Å². The molecule has 0 radical (unpaired) electrons. The molecule has 0 fully saturated rings. The van der Waals surface area contributed by atoms with Crippen LogP contribution in [-0.2, 0) is 0 Å². The minimum Gasteiger partial charge on any atom is -0.476 e. The van der Waals surface area contributed by atoms with E-state index in [4.69, 9.17) is 9.84 Å². The normalized spacial score (nSPS) is 10.2. The van der Waals surface area contributed by atoms with Crippen molar-refractivity contribution in [1.29, 1.82) is 0 Å². The molecular weight excluding hydrogens is 218 g/mol. The van der Waals surface area contributed by atoms with Gasteiger partial charge in [-0.1, -0.05) is 11.3 Å². The molecule has 2 aromatic rings. The lowest BCUT2D eigenvalue weighted by molar-refractivity contribution is 0.0690. The van der Waals surface area contributed by atoms with Crippen LogP contribution in [0, 0.1) is 6.92 Å². The summed E-state index contributed by atoms with van der Waals surface area (Å²) in [6, 6.07) is 1.70. The number of aromatic nitrogens is 3. The number of carboxylic acid groups (broad SMARTS) is 1. The summed E-state index contributed by atoms with van der Waals surface area (Å²) >= 11 is 1.11. The topological polar surface area (TPSA) is 88.1 Å². The van der Waals surface area contributed by atoms with E-state index in [1.165, 1.54) is 5.38 Å². The minimum absolute atomic E-state index is 0.0257. The molecule has 0 saturated carbocycles. The first-order valence-electron chi connectivity index (χ1n) is 4.04.